The summed E-state index contributed by atoms with van der Waals surface area (Å²) in [6, 6.07) is 0. The van der Waals surface area contributed by atoms with Crippen LogP contribution in [-0.4, -0.2) is 49.3 Å². The molecule has 3 N–H and O–H groups in total. The Hall–Kier alpha value is -1.51. The molecule has 390 valence electrons. The van der Waals surface area contributed by atoms with Crippen molar-refractivity contribution in [1.82, 2.24) is 0 Å². The van der Waals surface area contributed by atoms with Crippen LogP contribution >= 0.6 is 7.82 Å². The van der Waals surface area contributed by atoms with Crippen molar-refractivity contribution in [3.63, 3.8) is 0 Å². The van der Waals surface area contributed by atoms with Crippen molar-refractivity contribution in [1.29, 1.82) is 0 Å². The van der Waals surface area contributed by atoms with E-state index < -0.39 is 26.5 Å². The Balaban J connectivity index is 3.93. The van der Waals surface area contributed by atoms with Crippen LogP contribution in [0.25, 0.3) is 0 Å². The zero-order chi connectivity index (χ0) is 48.1. The molecule has 10 heteroatoms. The van der Waals surface area contributed by atoms with Crippen LogP contribution in [0.2, 0.25) is 0 Å². The molecule has 0 aromatic carbocycles. The molecular weight excluding hydrogens is 846 g/mol. The SMILES string of the molecule is CCCCCCC/C=C\C/C=C\CCCCCCCCCCCCCCCCCC(=O)OC(COC(=O)CCCCCCCCCCCCCCCCCCCC)COP(=O)(O)OCCN. The number of hydrogen-bond donors (Lipinski definition) is 2. The van der Waals surface area contributed by atoms with E-state index in [0.717, 1.165) is 38.5 Å². The summed E-state index contributed by atoms with van der Waals surface area (Å²) in [5, 5.41) is 0. The van der Waals surface area contributed by atoms with E-state index in [2.05, 4.69) is 38.2 Å². The summed E-state index contributed by atoms with van der Waals surface area (Å²) >= 11 is 0. The van der Waals surface area contributed by atoms with E-state index in [-0.39, 0.29) is 38.6 Å². The lowest BCUT2D eigenvalue weighted by atomic mass is 10.0. The molecule has 0 radical (unpaired) electrons. The number of rotatable bonds is 54. The highest BCUT2D eigenvalue weighted by molar-refractivity contribution is 7.47. The molecule has 66 heavy (non-hydrogen) atoms. The molecule has 0 aliphatic carbocycles. The van der Waals surface area contributed by atoms with Crippen LogP contribution in [0.1, 0.15) is 290 Å². The van der Waals surface area contributed by atoms with Gasteiger partial charge in [-0.05, 0) is 44.9 Å². The van der Waals surface area contributed by atoms with Gasteiger partial charge in [-0.3, -0.25) is 18.6 Å². The summed E-state index contributed by atoms with van der Waals surface area (Å²) in [4.78, 5) is 35.1. The van der Waals surface area contributed by atoms with E-state index in [4.69, 9.17) is 24.3 Å². The third kappa shape index (κ3) is 51.9. The molecule has 0 bridgehead atoms. The number of carbonyl (C=O) groups is 2. The van der Waals surface area contributed by atoms with Crippen LogP contribution in [0.15, 0.2) is 24.3 Å². The standard InChI is InChI=1S/C56H108NO8P/c1-3-5-7-9-11-13-15-17-19-21-23-24-25-26-27-28-29-30-31-33-35-37-39-41-43-45-47-49-56(59)65-54(53-64-66(60,61)63-51-50-57)52-62-55(58)48-46-44-42-40-38-36-34-32-22-20-18-16-14-12-10-8-6-4-2/h15,17,21,23,54H,3-14,16,18-20,22,24-53,57H2,1-2H3,(H,60,61)/b17-15-,23-21-. The van der Waals surface area contributed by atoms with Crippen LogP contribution < -0.4 is 5.73 Å². The first-order chi connectivity index (χ1) is 32.3. The van der Waals surface area contributed by atoms with E-state index >= 15 is 0 Å². The molecule has 0 aromatic heterocycles. The molecular formula is C56H108NO8P. The van der Waals surface area contributed by atoms with Gasteiger partial charge in [-0.1, -0.05) is 256 Å². The number of esters is 2. The maximum atomic E-state index is 12.7. The number of allylic oxidation sites excluding steroid dienone is 4. The highest BCUT2D eigenvalue weighted by atomic mass is 31.2. The summed E-state index contributed by atoms with van der Waals surface area (Å²) in [6.07, 6.45) is 60.8. The number of phosphoric acid groups is 1. The van der Waals surface area contributed by atoms with Gasteiger partial charge >= 0.3 is 19.8 Å². The number of phosphoric ester groups is 1. The molecule has 0 aliphatic rings. The van der Waals surface area contributed by atoms with Crippen molar-refractivity contribution in [2.24, 2.45) is 5.73 Å². The minimum atomic E-state index is -4.38. The molecule has 2 unspecified atom stereocenters. The molecule has 0 spiro atoms. The van der Waals surface area contributed by atoms with Crippen LogP contribution in [0.4, 0.5) is 0 Å². The summed E-state index contributed by atoms with van der Waals surface area (Å²) in [7, 11) is -4.38. The first-order valence-electron chi connectivity index (χ1n) is 28.3. The van der Waals surface area contributed by atoms with Gasteiger partial charge in [-0.25, -0.2) is 4.57 Å². The van der Waals surface area contributed by atoms with Gasteiger partial charge < -0.3 is 20.1 Å². The first-order valence-corrected chi connectivity index (χ1v) is 29.8. The topological polar surface area (TPSA) is 134 Å². The second-order valence-corrected chi connectivity index (χ2v) is 20.6. The van der Waals surface area contributed by atoms with E-state index in [9.17, 15) is 19.0 Å². The first kappa shape index (κ1) is 64.5. The van der Waals surface area contributed by atoms with Crippen molar-refractivity contribution in [3.05, 3.63) is 24.3 Å². The van der Waals surface area contributed by atoms with Gasteiger partial charge in [0.2, 0.25) is 0 Å². The van der Waals surface area contributed by atoms with E-state index in [1.807, 2.05) is 0 Å². The van der Waals surface area contributed by atoms with Crippen LogP contribution in [-0.2, 0) is 32.7 Å². The second kappa shape index (κ2) is 52.9. The quantitative estimate of drug-likeness (QED) is 0.0264. The van der Waals surface area contributed by atoms with E-state index in [1.165, 1.54) is 218 Å². The maximum Gasteiger partial charge on any atom is 0.472 e. The van der Waals surface area contributed by atoms with Gasteiger partial charge in [0, 0.05) is 19.4 Å². The molecule has 0 aliphatic heterocycles. The van der Waals surface area contributed by atoms with Crippen LogP contribution in [0, 0.1) is 0 Å². The molecule has 0 aromatic rings. The molecule has 0 heterocycles. The van der Waals surface area contributed by atoms with Gasteiger partial charge in [-0.15, -0.1) is 0 Å². The van der Waals surface area contributed by atoms with Crippen molar-refractivity contribution >= 4 is 19.8 Å². The maximum absolute atomic E-state index is 12.7. The Labute approximate surface area is 408 Å². The normalized spacial score (nSPS) is 13.2. The van der Waals surface area contributed by atoms with Gasteiger partial charge in [0.1, 0.15) is 6.61 Å². The van der Waals surface area contributed by atoms with Gasteiger partial charge in [0.05, 0.1) is 13.2 Å². The smallest absolute Gasteiger partial charge is 0.462 e. The summed E-state index contributed by atoms with van der Waals surface area (Å²) in [5.41, 5.74) is 5.38. The zero-order valence-electron chi connectivity index (χ0n) is 43.5. The largest absolute Gasteiger partial charge is 0.472 e. The lowest BCUT2D eigenvalue weighted by Gasteiger charge is -2.19. The predicted octanol–water partition coefficient (Wildman–Crippen LogP) is 17.5. The van der Waals surface area contributed by atoms with E-state index in [1.54, 1.807) is 0 Å². The van der Waals surface area contributed by atoms with Gasteiger partial charge in [0.15, 0.2) is 6.10 Å². The average Bonchev–Trinajstić information content (AvgIpc) is 3.31. The number of nitrogens with two attached hydrogens (primary N) is 1. The summed E-state index contributed by atoms with van der Waals surface area (Å²) in [6.45, 7) is 3.79. The predicted molar refractivity (Wildman–Crippen MR) is 280 cm³/mol. The minimum absolute atomic E-state index is 0.0562. The molecule has 0 saturated carbocycles. The Bertz CT molecular complexity index is 1130. The number of unbranched alkanes of at least 4 members (excludes halogenated alkanes) is 37. The van der Waals surface area contributed by atoms with Crippen molar-refractivity contribution in [2.45, 2.75) is 296 Å². The average molecular weight is 954 g/mol. The number of carbonyl (C=O) groups excluding carboxylic acids is 2. The fourth-order valence-electron chi connectivity index (χ4n) is 8.37. The minimum Gasteiger partial charge on any atom is -0.462 e. The monoisotopic (exact) mass is 954 g/mol. The van der Waals surface area contributed by atoms with Crippen molar-refractivity contribution in [2.75, 3.05) is 26.4 Å². The zero-order valence-corrected chi connectivity index (χ0v) is 44.3. The lowest BCUT2D eigenvalue weighted by molar-refractivity contribution is -0.161. The summed E-state index contributed by atoms with van der Waals surface area (Å²) in [5.74, 6) is -0.810. The Kier molecular flexibility index (Phi) is 51.6. The van der Waals surface area contributed by atoms with Gasteiger partial charge in [0.25, 0.3) is 0 Å². The highest BCUT2D eigenvalue weighted by Gasteiger charge is 2.26. The Morgan fingerprint density at radius 1 is 0.455 bits per heavy atom. The molecule has 0 fully saturated rings. The molecule has 0 amide bonds. The lowest BCUT2D eigenvalue weighted by Crippen LogP contribution is -2.29. The summed E-state index contributed by atoms with van der Waals surface area (Å²) < 4.78 is 33.0. The van der Waals surface area contributed by atoms with E-state index in [0.29, 0.717) is 6.42 Å². The number of ether oxygens (including phenoxy) is 2. The molecule has 0 rings (SSSR count). The van der Waals surface area contributed by atoms with Crippen molar-refractivity contribution < 1.29 is 37.6 Å². The van der Waals surface area contributed by atoms with Crippen LogP contribution in [0.3, 0.4) is 0 Å². The molecule has 9 nitrogen and oxygen atoms in total. The van der Waals surface area contributed by atoms with Crippen LogP contribution in [0.5, 0.6) is 0 Å². The van der Waals surface area contributed by atoms with Crippen molar-refractivity contribution in [3.8, 4) is 0 Å². The number of hydrogen-bond acceptors (Lipinski definition) is 8. The molecule has 2 atom stereocenters. The third-order valence-corrected chi connectivity index (χ3v) is 13.6. The fraction of sp³-hybridized carbons (Fsp3) is 0.893. The third-order valence-electron chi connectivity index (χ3n) is 12.6. The Morgan fingerprint density at radius 3 is 1.15 bits per heavy atom. The Morgan fingerprint density at radius 2 is 0.788 bits per heavy atom. The van der Waals surface area contributed by atoms with Gasteiger partial charge in [-0.2, -0.15) is 0 Å². The molecule has 0 saturated heterocycles. The second-order valence-electron chi connectivity index (χ2n) is 19.2. The fourth-order valence-corrected chi connectivity index (χ4v) is 9.14. The highest BCUT2D eigenvalue weighted by Crippen LogP contribution is 2.43.